The first-order valence-corrected chi connectivity index (χ1v) is 27.2. The number of alkyl halides is 1. The Morgan fingerprint density at radius 2 is 0.826 bits per heavy atom. The fourth-order valence-corrected chi connectivity index (χ4v) is 40.7. The van der Waals surface area contributed by atoms with Crippen molar-refractivity contribution in [3.05, 3.63) is 11.1 Å². The second-order valence-corrected chi connectivity index (χ2v) is 32.6. The Hall–Kier alpha value is 1.18. The van der Waals surface area contributed by atoms with Gasteiger partial charge in [0.2, 0.25) is 0 Å². The van der Waals surface area contributed by atoms with Crippen LogP contribution in [-0.4, -0.2) is 32.9 Å². The van der Waals surface area contributed by atoms with Crippen LogP contribution in [0.2, 0.25) is 0 Å². The van der Waals surface area contributed by atoms with E-state index in [4.69, 9.17) is 11.6 Å². The van der Waals surface area contributed by atoms with Crippen LogP contribution in [-0.2, 0) is 0 Å². The Labute approximate surface area is 297 Å². The molecule has 46 heavy (non-hydrogen) atoms. The summed E-state index contributed by atoms with van der Waals surface area (Å²) >= 11 is 18.7. The molecule has 0 aliphatic heterocycles. The molecule has 0 N–H and O–H groups in total. The van der Waals surface area contributed by atoms with Gasteiger partial charge < -0.3 is 0 Å². The van der Waals surface area contributed by atoms with E-state index >= 15 is 0 Å². The zero-order chi connectivity index (χ0) is 32.3. The van der Waals surface area contributed by atoms with Crippen molar-refractivity contribution in [1.82, 2.24) is 0 Å². The number of halogens is 2. The van der Waals surface area contributed by atoms with Gasteiger partial charge in [0.25, 0.3) is 0 Å². The molecule has 4 heteroatoms. The van der Waals surface area contributed by atoms with Crippen LogP contribution in [0.4, 0.5) is 0 Å². The summed E-state index contributed by atoms with van der Waals surface area (Å²) in [6.07, 6.45) is 46.0. The molecular weight excluding hydrogens is 637 g/mol. The zero-order valence-electron chi connectivity index (χ0n) is 30.9. The molecule has 6 rings (SSSR count). The molecule has 6 aliphatic carbocycles. The van der Waals surface area contributed by atoms with Crippen molar-refractivity contribution < 1.29 is 0 Å². The Morgan fingerprint density at radius 3 is 1.15 bits per heavy atom. The fraction of sp³-hybridized carbons (Fsp3) is 0.952. The monoisotopic (exact) mass is 712 g/mol. The summed E-state index contributed by atoms with van der Waals surface area (Å²) in [6.45, 7) is 7.74. The van der Waals surface area contributed by atoms with Crippen LogP contribution in [0.15, 0.2) is 11.1 Å². The Morgan fingerprint density at radius 1 is 0.522 bits per heavy atom. The summed E-state index contributed by atoms with van der Waals surface area (Å²) < 4.78 is -0.178. The molecule has 0 aromatic rings. The quantitative estimate of drug-likeness (QED) is 0.174. The van der Waals surface area contributed by atoms with Gasteiger partial charge in [0.15, 0.2) is 0 Å². The molecule has 268 valence electrons. The van der Waals surface area contributed by atoms with E-state index in [1.54, 1.807) is 0 Å². The van der Waals surface area contributed by atoms with Crippen LogP contribution in [0.1, 0.15) is 213 Å². The topological polar surface area (TPSA) is 0 Å². The molecule has 0 saturated heterocycles. The van der Waals surface area contributed by atoms with Crippen LogP contribution in [0.3, 0.4) is 0 Å². The summed E-state index contributed by atoms with van der Waals surface area (Å²) in [5.41, 5.74) is 4.37. The molecule has 0 amide bonds. The van der Waals surface area contributed by atoms with Crippen LogP contribution in [0, 0.1) is 5.41 Å². The third-order valence-electron chi connectivity index (χ3n) is 15.4. The Bertz CT molecular complexity index is 928. The third kappa shape index (κ3) is 6.53. The van der Waals surface area contributed by atoms with Gasteiger partial charge in [0.05, 0.1) is 0 Å². The van der Waals surface area contributed by atoms with Crippen LogP contribution in [0.25, 0.3) is 0 Å². The van der Waals surface area contributed by atoms with Gasteiger partial charge >= 0.3 is 299 Å². The van der Waals surface area contributed by atoms with Gasteiger partial charge in [-0.25, -0.2) is 0 Å². The van der Waals surface area contributed by atoms with Gasteiger partial charge in [-0.2, -0.15) is 0 Å². The van der Waals surface area contributed by atoms with Crippen LogP contribution >= 0.6 is 36.1 Å². The summed E-state index contributed by atoms with van der Waals surface area (Å²) in [5, 5.41) is 2.11. The van der Waals surface area contributed by atoms with Gasteiger partial charge in [0.1, 0.15) is 0 Å². The van der Waals surface area contributed by atoms with Crippen molar-refractivity contribution in [2.45, 2.75) is 246 Å². The molecule has 0 heterocycles. The molecule has 6 aliphatic rings. The maximum atomic E-state index is 9.85. The maximum absolute atomic E-state index is 9.85. The van der Waals surface area contributed by atoms with E-state index in [1.807, 2.05) is 0 Å². The number of hydrogen-bond donors (Lipinski definition) is 0. The van der Waals surface area contributed by atoms with Crippen LogP contribution in [0.5, 0.6) is 0 Å². The van der Waals surface area contributed by atoms with Crippen molar-refractivity contribution in [3.8, 4) is 0 Å². The summed E-state index contributed by atoms with van der Waals surface area (Å²) in [7, 11) is -2.14. The van der Waals surface area contributed by atoms with Gasteiger partial charge in [-0.1, -0.05) is 0 Å². The average Bonchev–Trinajstić information content (AvgIpc) is 3.10. The second kappa shape index (κ2) is 15.4. The minimum absolute atomic E-state index is 0.148. The molecule has 6 fully saturated rings. The standard InChI is InChI=1S/C42H76Cl2P2/c1-41(2,3)34-40(45(35-22-10-4-11-23-35,36-24-12-5-13-25-36)37-26-14-6-15-27-37)46(44,38-28-16-7-17-29-38,39-30-18-8-19-31-39)42(43)32-20-9-21-33-42/h34-39,45H,4-33H2,1-3H3. The molecule has 0 bridgehead atoms. The predicted octanol–water partition coefficient (Wildman–Crippen LogP) is 15.9. The van der Waals surface area contributed by atoms with E-state index in [0.29, 0.717) is 11.3 Å². The van der Waals surface area contributed by atoms with Crippen molar-refractivity contribution in [1.29, 1.82) is 0 Å². The first kappa shape index (κ1) is 37.0. The normalized spacial score (nSPS) is 29.7. The number of allylic oxidation sites excluding steroid dienone is 1. The Balaban J connectivity index is 1.74. The number of rotatable bonds is 8. The van der Waals surface area contributed by atoms with Gasteiger partial charge in [-0.05, 0) is 0 Å². The zero-order valence-corrected chi connectivity index (χ0v) is 34.3. The number of hydrogen-bond acceptors (Lipinski definition) is 0. The molecule has 6 saturated carbocycles. The van der Waals surface area contributed by atoms with Crippen molar-refractivity contribution in [2.24, 2.45) is 5.41 Å². The molecule has 0 radical (unpaired) electrons. The van der Waals surface area contributed by atoms with Gasteiger partial charge in [-0.15, -0.1) is 0 Å². The second-order valence-electron chi connectivity index (χ2n) is 19.0. The fourth-order valence-electron chi connectivity index (χ4n) is 13.7. The van der Waals surface area contributed by atoms with Crippen LogP contribution < -0.4 is 0 Å². The van der Waals surface area contributed by atoms with E-state index < -0.39 is 13.2 Å². The van der Waals surface area contributed by atoms with Crippen molar-refractivity contribution in [2.75, 3.05) is 0 Å². The molecule has 0 atom stereocenters. The summed E-state index contributed by atoms with van der Waals surface area (Å²) in [6, 6.07) is 0. The molecular formula is C42H76Cl2P2. The molecule has 0 unspecified atom stereocenters. The van der Waals surface area contributed by atoms with Crippen molar-refractivity contribution in [3.63, 3.8) is 0 Å². The van der Waals surface area contributed by atoms with E-state index in [2.05, 4.69) is 31.9 Å². The van der Waals surface area contributed by atoms with E-state index in [-0.39, 0.29) is 10.0 Å². The molecule has 0 aromatic carbocycles. The predicted molar refractivity (Wildman–Crippen MR) is 215 cm³/mol. The summed E-state index contributed by atoms with van der Waals surface area (Å²) in [5.74, 6) is -3.24. The van der Waals surface area contributed by atoms with Gasteiger partial charge in [0, 0.05) is 0 Å². The molecule has 0 nitrogen and oxygen atoms in total. The SMILES string of the molecule is CC(C)(C)C=C([PH](C1CCCCC1)(C1CCCCC1)C1CCCCC1)P(Cl)(C1CCCCC1)(C1CCCCC1)C1(Cl)CCCCC1. The summed E-state index contributed by atoms with van der Waals surface area (Å²) in [4.78, 5) is 0. The average molecular weight is 714 g/mol. The first-order valence-electron chi connectivity index (χ1n) is 21.3. The third-order valence-corrected chi connectivity index (χ3v) is 37.2. The Kier molecular flexibility index (Phi) is 12.4. The van der Waals surface area contributed by atoms with E-state index in [0.717, 1.165) is 17.0 Å². The molecule has 0 aromatic heterocycles. The minimum atomic E-state index is -3.24. The molecule has 0 spiro atoms. The van der Waals surface area contributed by atoms with Crippen molar-refractivity contribution >= 4 is 36.1 Å². The van der Waals surface area contributed by atoms with Gasteiger partial charge in [-0.3, -0.25) is 0 Å². The van der Waals surface area contributed by atoms with E-state index in [9.17, 15) is 11.2 Å². The first-order chi connectivity index (χ1) is 22.2. The van der Waals surface area contributed by atoms with E-state index in [1.165, 1.54) is 193 Å².